The minimum absolute atomic E-state index is 0.200. The molecule has 0 radical (unpaired) electrons. The molecule has 5 heteroatoms. The average Bonchev–Trinajstić information content (AvgIpc) is 3.06. The lowest BCUT2D eigenvalue weighted by atomic mass is 9.97. The van der Waals surface area contributed by atoms with Crippen LogP contribution in [-0.4, -0.2) is 22.2 Å². The lowest BCUT2D eigenvalue weighted by Gasteiger charge is -2.13. The third kappa shape index (κ3) is 1.78. The summed E-state index contributed by atoms with van der Waals surface area (Å²) >= 11 is 0. The fourth-order valence-corrected chi connectivity index (χ4v) is 3.30. The Hall–Kier alpha value is -3.21. The SMILES string of the molecule is CC(=O)c1cc2ccn(C)c2c2c1C(=O)N(c1ccccc1)C2=O. The first-order chi connectivity index (χ1) is 11.5. The van der Waals surface area contributed by atoms with E-state index in [1.54, 1.807) is 34.9 Å². The van der Waals surface area contributed by atoms with Crippen LogP contribution in [0, 0.1) is 0 Å². The summed E-state index contributed by atoms with van der Waals surface area (Å²) in [6.45, 7) is 1.41. The molecule has 2 aromatic carbocycles. The Kier molecular flexibility index (Phi) is 2.93. The van der Waals surface area contributed by atoms with Crippen LogP contribution in [-0.2, 0) is 7.05 Å². The van der Waals surface area contributed by atoms with Gasteiger partial charge in [0.1, 0.15) is 0 Å². The van der Waals surface area contributed by atoms with Crippen LogP contribution in [0.25, 0.3) is 10.9 Å². The zero-order valence-electron chi connectivity index (χ0n) is 13.2. The van der Waals surface area contributed by atoms with E-state index in [4.69, 9.17) is 0 Å². The number of para-hydroxylation sites is 1. The highest BCUT2D eigenvalue weighted by atomic mass is 16.2. The van der Waals surface area contributed by atoms with E-state index in [-0.39, 0.29) is 11.3 Å². The van der Waals surface area contributed by atoms with Crippen LogP contribution in [0.2, 0.25) is 0 Å². The minimum atomic E-state index is -0.450. The van der Waals surface area contributed by atoms with Gasteiger partial charge in [-0.1, -0.05) is 18.2 Å². The van der Waals surface area contributed by atoms with Crippen molar-refractivity contribution in [3.8, 4) is 0 Å². The van der Waals surface area contributed by atoms with E-state index < -0.39 is 11.8 Å². The second-order valence-electron chi connectivity index (χ2n) is 5.88. The quantitative estimate of drug-likeness (QED) is 0.538. The van der Waals surface area contributed by atoms with E-state index in [9.17, 15) is 14.4 Å². The van der Waals surface area contributed by atoms with Gasteiger partial charge in [0, 0.05) is 24.2 Å². The number of benzene rings is 2. The summed E-state index contributed by atoms with van der Waals surface area (Å²) in [5.41, 5.74) is 1.97. The van der Waals surface area contributed by atoms with E-state index in [2.05, 4.69) is 0 Å². The molecule has 0 saturated heterocycles. The zero-order chi connectivity index (χ0) is 17.0. The largest absolute Gasteiger partial charge is 0.350 e. The number of fused-ring (bicyclic) bond motifs is 3. The number of imide groups is 1. The van der Waals surface area contributed by atoms with Crippen LogP contribution < -0.4 is 4.90 Å². The molecule has 0 unspecified atom stereocenters. The Morgan fingerprint density at radius 1 is 0.958 bits per heavy atom. The molecular weight excluding hydrogens is 304 g/mol. The highest BCUT2D eigenvalue weighted by Crippen LogP contribution is 2.36. The summed E-state index contributed by atoms with van der Waals surface area (Å²) in [6, 6.07) is 12.3. The standard InChI is InChI=1S/C19H14N2O3/c1-11(22)14-10-12-8-9-20(2)17(12)16-15(14)18(23)21(19(16)24)13-6-4-3-5-7-13/h3-10H,1-2H3. The monoisotopic (exact) mass is 318 g/mol. The van der Waals surface area contributed by atoms with Crippen LogP contribution in [0.15, 0.2) is 48.7 Å². The van der Waals surface area contributed by atoms with Crippen LogP contribution in [0.5, 0.6) is 0 Å². The molecule has 2 heterocycles. The summed E-state index contributed by atoms with van der Waals surface area (Å²) in [7, 11) is 1.82. The van der Waals surface area contributed by atoms with Gasteiger partial charge in [-0.15, -0.1) is 0 Å². The first kappa shape index (κ1) is 14.4. The van der Waals surface area contributed by atoms with Gasteiger partial charge in [-0.3, -0.25) is 14.4 Å². The molecule has 1 aromatic heterocycles. The number of aromatic nitrogens is 1. The Labute approximate surface area is 138 Å². The average molecular weight is 318 g/mol. The predicted octanol–water partition coefficient (Wildman–Crippen LogP) is 3.18. The Morgan fingerprint density at radius 3 is 2.29 bits per heavy atom. The van der Waals surface area contributed by atoms with Crippen LogP contribution in [0.4, 0.5) is 5.69 Å². The molecule has 0 fully saturated rings. The number of aryl methyl sites for hydroxylation is 1. The van der Waals surface area contributed by atoms with E-state index in [0.717, 1.165) is 10.3 Å². The minimum Gasteiger partial charge on any atom is -0.350 e. The smallest absolute Gasteiger partial charge is 0.268 e. The third-order valence-electron chi connectivity index (χ3n) is 4.39. The molecule has 0 saturated carbocycles. The second kappa shape index (κ2) is 4.89. The van der Waals surface area contributed by atoms with Crippen molar-refractivity contribution in [2.24, 2.45) is 7.05 Å². The molecule has 1 aliphatic rings. The van der Waals surface area contributed by atoms with Gasteiger partial charge in [-0.25, -0.2) is 4.90 Å². The van der Waals surface area contributed by atoms with Crippen LogP contribution in [0.3, 0.4) is 0 Å². The summed E-state index contributed by atoms with van der Waals surface area (Å²) in [4.78, 5) is 39.2. The fourth-order valence-electron chi connectivity index (χ4n) is 3.30. The van der Waals surface area contributed by atoms with Gasteiger partial charge < -0.3 is 4.57 Å². The second-order valence-corrected chi connectivity index (χ2v) is 5.88. The topological polar surface area (TPSA) is 59.4 Å². The van der Waals surface area contributed by atoms with E-state index in [1.807, 2.05) is 25.4 Å². The number of rotatable bonds is 2. The molecule has 4 rings (SSSR count). The number of carbonyl (C=O) groups is 3. The van der Waals surface area contributed by atoms with Crippen molar-refractivity contribution in [1.82, 2.24) is 4.57 Å². The molecule has 0 atom stereocenters. The molecule has 24 heavy (non-hydrogen) atoms. The number of Topliss-reactive ketones (excluding diaryl/α,β-unsaturated/α-hetero) is 1. The number of amides is 2. The first-order valence-corrected chi connectivity index (χ1v) is 7.57. The molecule has 2 amide bonds. The van der Waals surface area contributed by atoms with Crippen LogP contribution in [0.1, 0.15) is 38.0 Å². The highest BCUT2D eigenvalue weighted by Gasteiger charge is 2.41. The van der Waals surface area contributed by atoms with E-state index >= 15 is 0 Å². The van der Waals surface area contributed by atoms with E-state index in [0.29, 0.717) is 22.3 Å². The molecule has 0 bridgehead atoms. The lowest BCUT2D eigenvalue weighted by Crippen LogP contribution is -2.29. The Balaban J connectivity index is 2.07. The molecule has 118 valence electrons. The maximum atomic E-state index is 13.0. The number of hydrogen-bond acceptors (Lipinski definition) is 3. The molecular formula is C19H14N2O3. The number of anilines is 1. The van der Waals surface area contributed by atoms with Gasteiger partial charge in [-0.05, 0) is 31.2 Å². The molecule has 1 aliphatic heterocycles. The molecule has 0 spiro atoms. The number of hydrogen-bond donors (Lipinski definition) is 0. The highest BCUT2D eigenvalue weighted by molar-refractivity contribution is 6.39. The maximum absolute atomic E-state index is 13.0. The van der Waals surface area contributed by atoms with Gasteiger partial charge in [0.25, 0.3) is 11.8 Å². The summed E-state index contributed by atoms with van der Waals surface area (Å²) in [5.74, 6) is -1.07. The van der Waals surface area contributed by atoms with E-state index in [1.165, 1.54) is 6.92 Å². The summed E-state index contributed by atoms with van der Waals surface area (Å²) in [6.07, 6.45) is 1.82. The van der Waals surface area contributed by atoms with Crippen molar-refractivity contribution in [2.45, 2.75) is 6.92 Å². The molecule has 0 aliphatic carbocycles. The summed E-state index contributed by atoms with van der Waals surface area (Å²) in [5, 5.41) is 0.775. The normalized spacial score (nSPS) is 13.7. The van der Waals surface area contributed by atoms with Gasteiger partial charge in [0.15, 0.2) is 5.78 Å². The van der Waals surface area contributed by atoms with Crippen molar-refractivity contribution < 1.29 is 14.4 Å². The number of ketones is 1. The molecule has 0 N–H and O–H groups in total. The predicted molar refractivity (Wildman–Crippen MR) is 90.5 cm³/mol. The number of carbonyl (C=O) groups excluding carboxylic acids is 3. The lowest BCUT2D eigenvalue weighted by molar-refractivity contribution is 0.0920. The van der Waals surface area contributed by atoms with Crippen molar-refractivity contribution in [3.63, 3.8) is 0 Å². The van der Waals surface area contributed by atoms with Crippen molar-refractivity contribution >= 4 is 34.2 Å². The molecule has 5 nitrogen and oxygen atoms in total. The summed E-state index contributed by atoms with van der Waals surface area (Å²) < 4.78 is 1.80. The fraction of sp³-hybridized carbons (Fsp3) is 0.105. The van der Waals surface area contributed by atoms with Gasteiger partial charge in [-0.2, -0.15) is 0 Å². The van der Waals surface area contributed by atoms with Crippen LogP contribution >= 0.6 is 0 Å². The molecule has 3 aromatic rings. The first-order valence-electron chi connectivity index (χ1n) is 7.57. The maximum Gasteiger partial charge on any atom is 0.268 e. The zero-order valence-corrected chi connectivity index (χ0v) is 13.2. The Bertz CT molecular complexity index is 1030. The van der Waals surface area contributed by atoms with Crippen molar-refractivity contribution in [2.75, 3.05) is 4.90 Å². The third-order valence-corrected chi connectivity index (χ3v) is 4.39. The van der Waals surface area contributed by atoms with Gasteiger partial charge >= 0.3 is 0 Å². The van der Waals surface area contributed by atoms with Gasteiger partial charge in [0.2, 0.25) is 0 Å². The Morgan fingerprint density at radius 2 is 1.62 bits per heavy atom. The van der Waals surface area contributed by atoms with Gasteiger partial charge in [0.05, 0.1) is 22.3 Å². The number of nitrogens with zero attached hydrogens (tertiary/aromatic N) is 2. The van der Waals surface area contributed by atoms with Crippen molar-refractivity contribution in [1.29, 1.82) is 0 Å². The van der Waals surface area contributed by atoms with Crippen molar-refractivity contribution in [3.05, 3.63) is 65.4 Å².